The number of carbonyl (C=O) groups excluding carboxylic acids is 3. The second-order valence-corrected chi connectivity index (χ2v) is 6.01. The van der Waals surface area contributed by atoms with Gasteiger partial charge in [-0.1, -0.05) is 29.8 Å². The maximum atomic E-state index is 12.2. The minimum Gasteiger partial charge on any atom is -0.496 e. The molecule has 0 unspecified atom stereocenters. The van der Waals surface area contributed by atoms with Crippen LogP contribution in [0.2, 0.25) is 5.02 Å². The Morgan fingerprint density at radius 1 is 1.07 bits per heavy atom. The predicted molar refractivity (Wildman–Crippen MR) is 100 cm³/mol. The number of fused-ring (bicyclic) bond motifs is 1. The highest BCUT2D eigenvalue weighted by atomic mass is 35.5. The van der Waals surface area contributed by atoms with E-state index >= 15 is 0 Å². The number of carbonyl (C=O) groups is 3. The van der Waals surface area contributed by atoms with Gasteiger partial charge in [0.15, 0.2) is 6.61 Å². The van der Waals surface area contributed by atoms with E-state index in [1.54, 1.807) is 30.3 Å². The fourth-order valence-electron chi connectivity index (χ4n) is 2.37. The second kappa shape index (κ2) is 8.45. The molecule has 9 heteroatoms. The predicted octanol–water partition coefficient (Wildman–Crippen LogP) is 2.71. The van der Waals surface area contributed by atoms with Gasteiger partial charge in [0.05, 0.1) is 12.7 Å². The third kappa shape index (κ3) is 4.41. The van der Waals surface area contributed by atoms with Crippen molar-refractivity contribution in [2.75, 3.05) is 13.7 Å². The lowest BCUT2D eigenvalue weighted by atomic mass is 10.2. The van der Waals surface area contributed by atoms with Gasteiger partial charge < -0.3 is 13.9 Å². The summed E-state index contributed by atoms with van der Waals surface area (Å²) in [6.45, 7) is -0.608. The number of ether oxygens (including phenoxy) is 2. The van der Waals surface area contributed by atoms with E-state index in [9.17, 15) is 14.4 Å². The number of esters is 1. The molecule has 3 rings (SSSR count). The maximum Gasteiger partial charge on any atom is 0.374 e. The van der Waals surface area contributed by atoms with E-state index in [-0.39, 0.29) is 17.1 Å². The molecule has 8 nitrogen and oxygen atoms in total. The van der Waals surface area contributed by atoms with Gasteiger partial charge in [-0.15, -0.1) is 0 Å². The number of nitrogens with one attached hydrogen (secondary N) is 2. The first kappa shape index (κ1) is 19.2. The van der Waals surface area contributed by atoms with Gasteiger partial charge >= 0.3 is 5.97 Å². The van der Waals surface area contributed by atoms with Gasteiger partial charge in [-0.25, -0.2) is 4.79 Å². The number of hydrazine groups is 1. The molecular weight excluding hydrogens is 388 g/mol. The van der Waals surface area contributed by atoms with Crippen molar-refractivity contribution in [3.8, 4) is 5.75 Å². The summed E-state index contributed by atoms with van der Waals surface area (Å²) >= 11 is 5.86. The Kier molecular flexibility index (Phi) is 5.81. The minimum atomic E-state index is -0.797. The molecule has 0 atom stereocenters. The van der Waals surface area contributed by atoms with Gasteiger partial charge in [0.2, 0.25) is 5.76 Å². The first-order valence-corrected chi connectivity index (χ1v) is 8.44. The number of para-hydroxylation sites is 1. The normalized spacial score (nSPS) is 10.4. The Morgan fingerprint density at radius 3 is 2.61 bits per heavy atom. The van der Waals surface area contributed by atoms with Crippen LogP contribution in [0.1, 0.15) is 20.9 Å². The minimum absolute atomic E-state index is 0.0262. The van der Waals surface area contributed by atoms with Crippen LogP contribution in [0.5, 0.6) is 5.75 Å². The van der Waals surface area contributed by atoms with Gasteiger partial charge in [-0.3, -0.25) is 20.4 Å². The summed E-state index contributed by atoms with van der Waals surface area (Å²) in [4.78, 5) is 36.0. The summed E-state index contributed by atoms with van der Waals surface area (Å²) in [6.07, 6.45) is 0. The zero-order valence-corrected chi connectivity index (χ0v) is 15.4. The van der Waals surface area contributed by atoms with Crippen LogP contribution in [0.15, 0.2) is 52.9 Å². The Labute approximate surface area is 164 Å². The fourth-order valence-corrected chi connectivity index (χ4v) is 2.54. The van der Waals surface area contributed by atoms with Crippen LogP contribution in [-0.4, -0.2) is 31.5 Å². The number of halogens is 1. The van der Waals surface area contributed by atoms with Crippen LogP contribution < -0.4 is 15.6 Å². The van der Waals surface area contributed by atoms with Crippen molar-refractivity contribution in [2.24, 2.45) is 0 Å². The highest BCUT2D eigenvalue weighted by molar-refractivity contribution is 6.31. The van der Waals surface area contributed by atoms with Crippen LogP contribution in [0.4, 0.5) is 0 Å². The van der Waals surface area contributed by atoms with Crippen molar-refractivity contribution in [1.82, 2.24) is 10.9 Å². The van der Waals surface area contributed by atoms with E-state index in [1.807, 2.05) is 0 Å². The summed E-state index contributed by atoms with van der Waals surface area (Å²) in [5.74, 6) is -1.92. The average molecular weight is 403 g/mol. The summed E-state index contributed by atoms with van der Waals surface area (Å²) in [5.41, 5.74) is 5.00. The third-order valence-electron chi connectivity index (χ3n) is 3.68. The summed E-state index contributed by atoms with van der Waals surface area (Å²) in [7, 11) is 1.40. The van der Waals surface area contributed by atoms with E-state index in [2.05, 4.69) is 10.9 Å². The smallest absolute Gasteiger partial charge is 0.374 e. The Bertz CT molecular complexity index is 1010. The molecule has 2 N–H and O–H groups in total. The van der Waals surface area contributed by atoms with Crippen molar-refractivity contribution >= 4 is 40.4 Å². The van der Waals surface area contributed by atoms with Crippen LogP contribution in [0.3, 0.4) is 0 Å². The average Bonchev–Trinajstić information content (AvgIpc) is 3.14. The van der Waals surface area contributed by atoms with Gasteiger partial charge in [0, 0.05) is 10.4 Å². The highest BCUT2D eigenvalue weighted by Gasteiger charge is 2.17. The highest BCUT2D eigenvalue weighted by Crippen LogP contribution is 2.22. The fraction of sp³-hybridized carbons (Fsp3) is 0.105. The lowest BCUT2D eigenvalue weighted by Gasteiger charge is -2.10. The number of methoxy groups -OCH3 is 1. The van der Waals surface area contributed by atoms with Gasteiger partial charge in [0.1, 0.15) is 11.3 Å². The lowest BCUT2D eigenvalue weighted by Crippen LogP contribution is -2.43. The summed E-state index contributed by atoms with van der Waals surface area (Å²) < 4.78 is 15.3. The molecule has 2 amide bonds. The van der Waals surface area contributed by atoms with Crippen molar-refractivity contribution in [3.63, 3.8) is 0 Å². The lowest BCUT2D eigenvalue weighted by molar-refractivity contribution is -0.125. The maximum absolute atomic E-state index is 12.2. The van der Waals surface area contributed by atoms with Crippen molar-refractivity contribution < 1.29 is 28.3 Å². The van der Waals surface area contributed by atoms with Crippen LogP contribution in [0, 0.1) is 0 Å². The van der Waals surface area contributed by atoms with E-state index in [4.69, 9.17) is 25.5 Å². The zero-order valence-electron chi connectivity index (χ0n) is 14.7. The van der Waals surface area contributed by atoms with E-state index in [0.717, 1.165) is 5.39 Å². The SMILES string of the molecule is COc1ccc(Cl)cc1C(=O)NNC(=O)COC(=O)c1cc2ccccc2o1. The topological polar surface area (TPSA) is 107 Å². The molecular formula is C19H15ClN2O6. The van der Waals surface area contributed by atoms with Crippen LogP contribution >= 0.6 is 11.6 Å². The molecule has 1 heterocycles. The number of hydrogen-bond acceptors (Lipinski definition) is 6. The van der Waals surface area contributed by atoms with Crippen molar-refractivity contribution in [3.05, 3.63) is 64.9 Å². The van der Waals surface area contributed by atoms with Gasteiger partial charge in [0.25, 0.3) is 11.8 Å². The van der Waals surface area contributed by atoms with Crippen LogP contribution in [-0.2, 0) is 9.53 Å². The number of hydrogen-bond donors (Lipinski definition) is 2. The number of amides is 2. The second-order valence-electron chi connectivity index (χ2n) is 5.57. The monoisotopic (exact) mass is 402 g/mol. The molecule has 0 spiro atoms. The van der Waals surface area contributed by atoms with E-state index in [1.165, 1.54) is 25.3 Å². The van der Waals surface area contributed by atoms with E-state index < -0.39 is 24.4 Å². The largest absolute Gasteiger partial charge is 0.496 e. The Balaban J connectivity index is 1.52. The Morgan fingerprint density at radius 2 is 1.86 bits per heavy atom. The standard InChI is InChI=1S/C19H15ClN2O6/c1-26-15-7-6-12(20)9-13(15)18(24)22-21-17(23)10-27-19(25)16-8-11-4-2-3-5-14(11)28-16/h2-9H,10H2,1H3,(H,21,23)(H,22,24). The van der Waals surface area contributed by atoms with Crippen LogP contribution in [0.25, 0.3) is 11.0 Å². The molecule has 3 aromatic rings. The molecule has 28 heavy (non-hydrogen) atoms. The van der Waals surface area contributed by atoms with Crippen molar-refractivity contribution in [2.45, 2.75) is 0 Å². The molecule has 0 radical (unpaired) electrons. The number of furan rings is 1. The summed E-state index contributed by atoms with van der Waals surface area (Å²) in [6, 6.07) is 13.1. The quantitative estimate of drug-likeness (QED) is 0.502. The first-order valence-electron chi connectivity index (χ1n) is 8.06. The molecule has 0 saturated carbocycles. The molecule has 0 aliphatic carbocycles. The van der Waals surface area contributed by atoms with E-state index in [0.29, 0.717) is 10.6 Å². The summed E-state index contributed by atoms with van der Waals surface area (Å²) in [5, 5.41) is 1.07. The van der Waals surface area contributed by atoms with Gasteiger partial charge in [-0.2, -0.15) is 0 Å². The molecule has 0 fully saturated rings. The molecule has 144 valence electrons. The molecule has 0 bridgehead atoms. The third-order valence-corrected chi connectivity index (χ3v) is 3.92. The number of benzene rings is 2. The molecule has 1 aromatic heterocycles. The first-order chi connectivity index (χ1) is 13.5. The van der Waals surface area contributed by atoms with Gasteiger partial charge in [-0.05, 0) is 30.3 Å². The number of rotatable bonds is 5. The molecule has 0 saturated heterocycles. The molecule has 0 aliphatic rings. The molecule has 0 aliphatic heterocycles. The Hall–Kier alpha value is -3.52. The molecule has 2 aromatic carbocycles. The zero-order chi connectivity index (χ0) is 20.1. The van der Waals surface area contributed by atoms with Crippen molar-refractivity contribution in [1.29, 1.82) is 0 Å².